The van der Waals surface area contributed by atoms with E-state index >= 15 is 0 Å². The molecular weight excluding hydrogens is 330 g/mol. The molecule has 4 rings (SSSR count). The minimum absolute atomic E-state index is 0.0966. The molecule has 0 aliphatic heterocycles. The molecule has 0 atom stereocenters. The lowest BCUT2D eigenvalue weighted by Crippen LogP contribution is -2.27. The molecular formula is C20H17N3OS. The minimum atomic E-state index is -0.0966. The first-order chi connectivity index (χ1) is 12.3. The number of hydrogen-bond donors (Lipinski definition) is 1. The fourth-order valence-corrected chi connectivity index (χ4v) is 3.56. The van der Waals surface area contributed by atoms with Crippen LogP contribution in [0.4, 0.5) is 0 Å². The minimum Gasteiger partial charge on any atom is -0.350 e. The fourth-order valence-electron chi connectivity index (χ4n) is 2.85. The van der Waals surface area contributed by atoms with E-state index in [0.29, 0.717) is 12.2 Å². The average Bonchev–Trinajstić information content (AvgIpc) is 3.24. The summed E-state index contributed by atoms with van der Waals surface area (Å²) in [4.78, 5) is 18.3. The number of aromatic nitrogens is 2. The third-order valence-corrected chi connectivity index (χ3v) is 4.82. The van der Waals surface area contributed by atoms with Crippen LogP contribution in [0.5, 0.6) is 0 Å². The highest BCUT2D eigenvalue weighted by Gasteiger charge is 2.20. The van der Waals surface area contributed by atoms with Gasteiger partial charge in [0.15, 0.2) is 4.96 Å². The number of nitrogens with zero attached hydrogens (tertiary/aromatic N) is 2. The summed E-state index contributed by atoms with van der Waals surface area (Å²) in [5, 5.41) is 4.97. The Morgan fingerprint density at radius 2 is 1.76 bits per heavy atom. The Bertz CT molecular complexity index is 990. The van der Waals surface area contributed by atoms with Crippen molar-refractivity contribution in [2.75, 3.05) is 6.54 Å². The van der Waals surface area contributed by atoms with Gasteiger partial charge in [-0.15, -0.1) is 11.3 Å². The molecule has 0 radical (unpaired) electrons. The summed E-state index contributed by atoms with van der Waals surface area (Å²) >= 11 is 1.53. The number of hydrogen-bond acceptors (Lipinski definition) is 3. The maximum absolute atomic E-state index is 12.8. The first-order valence-electron chi connectivity index (χ1n) is 8.16. The third-order valence-electron chi connectivity index (χ3n) is 4.07. The number of fused-ring (bicyclic) bond motifs is 1. The summed E-state index contributed by atoms with van der Waals surface area (Å²) in [7, 11) is 0. The Balaban J connectivity index is 1.59. The van der Waals surface area contributed by atoms with E-state index in [1.807, 2.05) is 64.5 Å². The van der Waals surface area contributed by atoms with Gasteiger partial charge >= 0.3 is 0 Å². The molecule has 0 unspecified atom stereocenters. The predicted molar refractivity (Wildman–Crippen MR) is 101 cm³/mol. The van der Waals surface area contributed by atoms with Crippen LogP contribution in [0.1, 0.15) is 16.1 Å². The second-order valence-electron chi connectivity index (χ2n) is 5.72. The fraction of sp³-hybridized carbons (Fsp3) is 0.100. The summed E-state index contributed by atoms with van der Waals surface area (Å²) in [6.45, 7) is 0.592. The molecule has 5 heteroatoms. The first-order valence-corrected chi connectivity index (χ1v) is 9.04. The summed E-state index contributed by atoms with van der Waals surface area (Å²) < 4.78 is 1.87. The van der Waals surface area contributed by atoms with E-state index in [9.17, 15) is 4.79 Å². The van der Waals surface area contributed by atoms with Gasteiger partial charge in [0.25, 0.3) is 5.91 Å². The zero-order valence-corrected chi connectivity index (χ0v) is 14.4. The molecule has 25 heavy (non-hydrogen) atoms. The molecule has 0 fully saturated rings. The molecule has 0 saturated heterocycles. The standard InChI is InChI=1S/C20H17N3OS/c24-19(21-12-11-15-7-3-1-4-8-15)18-17(16-9-5-2-6-10-16)22-20-23(18)13-14-25-20/h1-10,13-14H,11-12H2,(H,21,24). The SMILES string of the molecule is O=C(NCCc1ccccc1)c1c(-c2ccccc2)nc2sccn12. The highest BCUT2D eigenvalue weighted by Crippen LogP contribution is 2.26. The van der Waals surface area contributed by atoms with Gasteiger partial charge < -0.3 is 5.32 Å². The maximum atomic E-state index is 12.8. The average molecular weight is 347 g/mol. The summed E-state index contributed by atoms with van der Waals surface area (Å²) in [5.74, 6) is -0.0966. The topological polar surface area (TPSA) is 46.4 Å². The molecule has 0 spiro atoms. The normalized spacial score (nSPS) is 10.9. The van der Waals surface area contributed by atoms with Crippen molar-refractivity contribution in [2.45, 2.75) is 6.42 Å². The number of nitrogens with one attached hydrogen (secondary N) is 1. The van der Waals surface area contributed by atoms with Crippen LogP contribution in [0.3, 0.4) is 0 Å². The molecule has 0 aliphatic rings. The summed E-state index contributed by atoms with van der Waals surface area (Å²) in [5.41, 5.74) is 3.48. The van der Waals surface area contributed by atoms with E-state index in [-0.39, 0.29) is 5.91 Å². The molecule has 0 saturated carbocycles. The van der Waals surface area contributed by atoms with Crippen molar-refractivity contribution in [1.82, 2.24) is 14.7 Å². The van der Waals surface area contributed by atoms with Gasteiger partial charge in [-0.2, -0.15) is 0 Å². The van der Waals surface area contributed by atoms with Crippen molar-refractivity contribution in [2.24, 2.45) is 0 Å². The third kappa shape index (κ3) is 3.19. The monoisotopic (exact) mass is 347 g/mol. The molecule has 2 aromatic heterocycles. The van der Waals surface area contributed by atoms with Gasteiger partial charge in [0.1, 0.15) is 11.4 Å². The second-order valence-corrected chi connectivity index (χ2v) is 6.60. The van der Waals surface area contributed by atoms with Crippen molar-refractivity contribution in [1.29, 1.82) is 0 Å². The van der Waals surface area contributed by atoms with Gasteiger partial charge in [-0.1, -0.05) is 60.7 Å². The molecule has 1 amide bonds. The lowest BCUT2D eigenvalue weighted by Gasteiger charge is -2.07. The largest absolute Gasteiger partial charge is 0.350 e. The molecule has 1 N–H and O–H groups in total. The van der Waals surface area contributed by atoms with Gasteiger partial charge in [0.05, 0.1) is 0 Å². The van der Waals surface area contributed by atoms with Crippen LogP contribution >= 0.6 is 11.3 Å². The van der Waals surface area contributed by atoms with E-state index in [4.69, 9.17) is 0 Å². The Morgan fingerprint density at radius 3 is 2.52 bits per heavy atom. The number of imidazole rings is 1. The van der Waals surface area contributed by atoms with E-state index in [1.165, 1.54) is 16.9 Å². The van der Waals surface area contributed by atoms with Crippen LogP contribution in [0.25, 0.3) is 16.2 Å². The summed E-state index contributed by atoms with van der Waals surface area (Å²) in [6, 6.07) is 20.0. The molecule has 0 bridgehead atoms. The van der Waals surface area contributed by atoms with Gasteiger partial charge in [-0.05, 0) is 12.0 Å². The van der Waals surface area contributed by atoms with Crippen LogP contribution in [0, 0.1) is 0 Å². The number of rotatable bonds is 5. The van der Waals surface area contributed by atoms with Crippen molar-refractivity contribution < 1.29 is 4.79 Å². The van der Waals surface area contributed by atoms with E-state index in [2.05, 4.69) is 22.4 Å². The van der Waals surface area contributed by atoms with Crippen LogP contribution < -0.4 is 5.32 Å². The maximum Gasteiger partial charge on any atom is 0.270 e. The quantitative estimate of drug-likeness (QED) is 0.592. The number of carbonyl (C=O) groups is 1. The predicted octanol–water partition coefficient (Wildman–Crippen LogP) is 4.04. The van der Waals surface area contributed by atoms with Gasteiger partial charge in [-0.25, -0.2) is 4.98 Å². The van der Waals surface area contributed by atoms with E-state index < -0.39 is 0 Å². The molecule has 4 aromatic rings. The second kappa shape index (κ2) is 6.91. The first kappa shape index (κ1) is 15.6. The number of benzene rings is 2. The van der Waals surface area contributed by atoms with Crippen LogP contribution in [-0.4, -0.2) is 21.8 Å². The Labute approximate surface area is 149 Å². The molecule has 4 nitrogen and oxygen atoms in total. The zero-order valence-electron chi connectivity index (χ0n) is 13.6. The van der Waals surface area contributed by atoms with Gasteiger partial charge in [-0.3, -0.25) is 9.20 Å². The van der Waals surface area contributed by atoms with Crippen molar-refractivity contribution >= 4 is 22.2 Å². The molecule has 124 valence electrons. The smallest absolute Gasteiger partial charge is 0.270 e. The lowest BCUT2D eigenvalue weighted by molar-refractivity contribution is 0.0949. The molecule has 2 aromatic carbocycles. The highest BCUT2D eigenvalue weighted by atomic mass is 32.1. The number of carbonyl (C=O) groups excluding carboxylic acids is 1. The van der Waals surface area contributed by atoms with E-state index in [0.717, 1.165) is 22.6 Å². The van der Waals surface area contributed by atoms with Crippen LogP contribution in [0.15, 0.2) is 72.2 Å². The number of amides is 1. The molecule has 0 aliphatic carbocycles. The Kier molecular flexibility index (Phi) is 4.31. The Morgan fingerprint density at radius 1 is 1.04 bits per heavy atom. The molecule has 2 heterocycles. The van der Waals surface area contributed by atoms with Gasteiger partial charge in [0, 0.05) is 23.7 Å². The summed E-state index contributed by atoms with van der Waals surface area (Å²) in [6.07, 6.45) is 2.70. The van der Waals surface area contributed by atoms with Crippen LogP contribution in [0.2, 0.25) is 0 Å². The van der Waals surface area contributed by atoms with E-state index in [1.54, 1.807) is 0 Å². The van der Waals surface area contributed by atoms with Gasteiger partial charge in [0.2, 0.25) is 0 Å². The Hall–Kier alpha value is -2.92. The number of thiazole rings is 1. The van der Waals surface area contributed by atoms with Crippen molar-refractivity contribution in [3.8, 4) is 11.3 Å². The van der Waals surface area contributed by atoms with Crippen molar-refractivity contribution in [3.05, 3.63) is 83.5 Å². The van der Waals surface area contributed by atoms with Crippen LogP contribution in [-0.2, 0) is 6.42 Å². The lowest BCUT2D eigenvalue weighted by atomic mass is 10.1. The highest BCUT2D eigenvalue weighted by molar-refractivity contribution is 7.15. The zero-order chi connectivity index (χ0) is 17.1. The van der Waals surface area contributed by atoms with Crippen molar-refractivity contribution in [3.63, 3.8) is 0 Å².